The first-order valence-corrected chi connectivity index (χ1v) is 5.62. The van der Waals surface area contributed by atoms with E-state index in [1.807, 2.05) is 0 Å². The number of nitrogens with one attached hydrogen (secondary N) is 1. The summed E-state index contributed by atoms with van der Waals surface area (Å²) in [6.45, 7) is -2.88. The number of pyridine rings is 1. The second-order valence-electron chi connectivity index (χ2n) is 3.83. The van der Waals surface area contributed by atoms with Gasteiger partial charge in [-0.1, -0.05) is 0 Å². The summed E-state index contributed by atoms with van der Waals surface area (Å²) in [5, 5.41) is 2.60. The van der Waals surface area contributed by atoms with E-state index in [0.717, 1.165) is 0 Å². The van der Waals surface area contributed by atoms with Gasteiger partial charge in [-0.15, -0.1) is 0 Å². The Kier molecular flexibility index (Phi) is 4.09. The minimum atomic E-state index is -2.88. The first kappa shape index (κ1) is 13.7. The van der Waals surface area contributed by atoms with E-state index >= 15 is 0 Å². The number of carbonyl (C=O) groups excluding carboxylic acids is 1. The Labute approximate surface area is 113 Å². The molecule has 5 nitrogen and oxygen atoms in total. The summed E-state index contributed by atoms with van der Waals surface area (Å²) >= 11 is 0. The number of anilines is 2. The SMILES string of the molecule is Nc1ccc(C(=O)Nc2ccc(OC(F)F)cc2)cn1. The molecule has 0 fully saturated rings. The zero-order chi connectivity index (χ0) is 14.5. The topological polar surface area (TPSA) is 77.2 Å². The van der Waals surface area contributed by atoms with E-state index < -0.39 is 6.61 Å². The van der Waals surface area contributed by atoms with Gasteiger partial charge >= 0.3 is 6.61 Å². The van der Waals surface area contributed by atoms with Crippen molar-refractivity contribution >= 4 is 17.4 Å². The van der Waals surface area contributed by atoms with E-state index in [0.29, 0.717) is 17.1 Å². The Morgan fingerprint density at radius 3 is 2.45 bits per heavy atom. The summed E-state index contributed by atoms with van der Waals surface area (Å²) in [7, 11) is 0. The molecule has 0 bridgehead atoms. The second kappa shape index (κ2) is 5.96. The summed E-state index contributed by atoms with van der Waals surface area (Å²) in [4.78, 5) is 15.6. The molecule has 20 heavy (non-hydrogen) atoms. The zero-order valence-corrected chi connectivity index (χ0v) is 10.2. The van der Waals surface area contributed by atoms with Crippen molar-refractivity contribution in [1.82, 2.24) is 4.98 Å². The van der Waals surface area contributed by atoms with Gasteiger partial charge in [0.05, 0.1) is 5.56 Å². The maximum Gasteiger partial charge on any atom is 0.387 e. The molecule has 1 heterocycles. The fourth-order valence-electron chi connectivity index (χ4n) is 1.46. The molecule has 0 saturated carbocycles. The molecule has 104 valence electrons. The zero-order valence-electron chi connectivity index (χ0n) is 10.2. The van der Waals surface area contributed by atoms with Crippen LogP contribution < -0.4 is 15.8 Å². The van der Waals surface area contributed by atoms with Crippen molar-refractivity contribution in [2.24, 2.45) is 0 Å². The lowest BCUT2D eigenvalue weighted by Gasteiger charge is -2.07. The number of nitrogens with zero attached hydrogens (tertiary/aromatic N) is 1. The van der Waals surface area contributed by atoms with Crippen LogP contribution >= 0.6 is 0 Å². The van der Waals surface area contributed by atoms with E-state index in [1.165, 1.54) is 42.6 Å². The minimum absolute atomic E-state index is 0.0205. The van der Waals surface area contributed by atoms with Gasteiger partial charge in [-0.3, -0.25) is 4.79 Å². The maximum atomic E-state index is 12.0. The van der Waals surface area contributed by atoms with Crippen LogP contribution in [-0.2, 0) is 0 Å². The van der Waals surface area contributed by atoms with Gasteiger partial charge in [0.1, 0.15) is 11.6 Å². The lowest BCUT2D eigenvalue weighted by Crippen LogP contribution is -2.12. The van der Waals surface area contributed by atoms with Crippen LogP contribution in [0.3, 0.4) is 0 Å². The van der Waals surface area contributed by atoms with Gasteiger partial charge in [0, 0.05) is 11.9 Å². The standard InChI is InChI=1S/C13H11F2N3O2/c14-13(15)20-10-4-2-9(3-5-10)18-12(19)8-1-6-11(16)17-7-8/h1-7,13H,(H2,16,17)(H,18,19). The number of ether oxygens (including phenoxy) is 1. The number of aromatic nitrogens is 1. The van der Waals surface area contributed by atoms with Crippen LogP contribution in [0.1, 0.15) is 10.4 Å². The molecule has 3 N–H and O–H groups in total. The van der Waals surface area contributed by atoms with Gasteiger partial charge in [-0.25, -0.2) is 4.98 Å². The van der Waals surface area contributed by atoms with Crippen LogP contribution in [0.2, 0.25) is 0 Å². The molecule has 0 radical (unpaired) electrons. The third-order valence-corrected chi connectivity index (χ3v) is 2.39. The molecule has 0 aliphatic heterocycles. The number of hydrogen-bond donors (Lipinski definition) is 2. The molecular weight excluding hydrogens is 268 g/mol. The molecule has 1 aromatic carbocycles. The number of nitrogen functional groups attached to an aromatic ring is 1. The summed E-state index contributed by atoms with van der Waals surface area (Å²) in [5.74, 6) is -0.0396. The first-order valence-electron chi connectivity index (χ1n) is 5.62. The Hall–Kier alpha value is -2.70. The van der Waals surface area contributed by atoms with Crippen molar-refractivity contribution in [3.8, 4) is 5.75 Å². The van der Waals surface area contributed by atoms with Crippen LogP contribution in [0, 0.1) is 0 Å². The van der Waals surface area contributed by atoms with E-state index in [2.05, 4.69) is 15.0 Å². The smallest absolute Gasteiger partial charge is 0.387 e. The third kappa shape index (κ3) is 3.64. The molecule has 7 heteroatoms. The van der Waals surface area contributed by atoms with Gasteiger partial charge in [0.25, 0.3) is 5.91 Å². The van der Waals surface area contributed by atoms with E-state index in [9.17, 15) is 13.6 Å². The first-order chi connectivity index (χ1) is 9.54. The Balaban J connectivity index is 2.02. The van der Waals surface area contributed by atoms with Gasteiger partial charge in [0.15, 0.2) is 0 Å². The highest BCUT2D eigenvalue weighted by atomic mass is 19.3. The number of nitrogens with two attached hydrogens (primary N) is 1. The minimum Gasteiger partial charge on any atom is -0.435 e. The molecule has 0 aliphatic carbocycles. The monoisotopic (exact) mass is 279 g/mol. The molecule has 0 aliphatic rings. The molecule has 0 atom stereocenters. The van der Waals surface area contributed by atoms with Crippen molar-refractivity contribution in [2.75, 3.05) is 11.1 Å². The van der Waals surface area contributed by atoms with Crippen molar-refractivity contribution in [1.29, 1.82) is 0 Å². The Morgan fingerprint density at radius 2 is 1.90 bits per heavy atom. The van der Waals surface area contributed by atoms with Crippen molar-refractivity contribution in [2.45, 2.75) is 6.61 Å². The predicted molar refractivity (Wildman–Crippen MR) is 69.7 cm³/mol. The van der Waals surface area contributed by atoms with Gasteiger partial charge in [-0.05, 0) is 36.4 Å². The number of carbonyl (C=O) groups is 1. The summed E-state index contributed by atoms with van der Waals surface area (Å²) in [6.07, 6.45) is 1.35. The van der Waals surface area contributed by atoms with Crippen molar-refractivity contribution in [3.05, 3.63) is 48.2 Å². The lowest BCUT2D eigenvalue weighted by atomic mass is 10.2. The molecule has 0 unspecified atom stereocenters. The van der Waals surface area contributed by atoms with Crippen LogP contribution in [0.4, 0.5) is 20.3 Å². The molecule has 0 saturated heterocycles. The van der Waals surface area contributed by atoms with Crippen LogP contribution in [0.15, 0.2) is 42.6 Å². The number of alkyl halides is 2. The van der Waals surface area contributed by atoms with Crippen LogP contribution in [0.5, 0.6) is 5.75 Å². The molecule has 2 rings (SSSR count). The Bertz CT molecular complexity index is 586. The van der Waals surface area contributed by atoms with Gasteiger partial charge in [-0.2, -0.15) is 8.78 Å². The molecular formula is C13H11F2N3O2. The summed E-state index contributed by atoms with van der Waals surface area (Å²) < 4.78 is 28.2. The summed E-state index contributed by atoms with van der Waals surface area (Å²) in [6, 6.07) is 8.63. The maximum absolute atomic E-state index is 12.0. The average Bonchev–Trinajstić information content (AvgIpc) is 2.41. The van der Waals surface area contributed by atoms with Crippen molar-refractivity contribution in [3.63, 3.8) is 0 Å². The van der Waals surface area contributed by atoms with Crippen LogP contribution in [-0.4, -0.2) is 17.5 Å². The molecule has 1 aromatic heterocycles. The number of amides is 1. The van der Waals surface area contributed by atoms with Gasteiger partial charge < -0.3 is 15.8 Å². The summed E-state index contributed by atoms with van der Waals surface area (Å²) in [5.41, 5.74) is 6.21. The highest BCUT2D eigenvalue weighted by molar-refractivity contribution is 6.04. The molecule has 2 aromatic rings. The quantitative estimate of drug-likeness (QED) is 0.901. The van der Waals surface area contributed by atoms with E-state index in [4.69, 9.17) is 5.73 Å². The second-order valence-corrected chi connectivity index (χ2v) is 3.83. The predicted octanol–water partition coefficient (Wildman–Crippen LogP) is 2.52. The van der Waals surface area contributed by atoms with Gasteiger partial charge in [0.2, 0.25) is 0 Å². The fourth-order valence-corrected chi connectivity index (χ4v) is 1.46. The van der Waals surface area contributed by atoms with Crippen molar-refractivity contribution < 1.29 is 18.3 Å². The normalized spacial score (nSPS) is 10.3. The van der Waals surface area contributed by atoms with E-state index in [-0.39, 0.29) is 11.7 Å². The molecule has 1 amide bonds. The number of hydrogen-bond acceptors (Lipinski definition) is 4. The number of benzene rings is 1. The number of rotatable bonds is 4. The largest absolute Gasteiger partial charge is 0.435 e. The fraction of sp³-hybridized carbons (Fsp3) is 0.0769. The van der Waals surface area contributed by atoms with Crippen LogP contribution in [0.25, 0.3) is 0 Å². The lowest BCUT2D eigenvalue weighted by molar-refractivity contribution is -0.0498. The third-order valence-electron chi connectivity index (χ3n) is 2.39. The average molecular weight is 279 g/mol. The Morgan fingerprint density at radius 1 is 1.20 bits per heavy atom. The molecule has 0 spiro atoms. The van der Waals surface area contributed by atoms with E-state index in [1.54, 1.807) is 0 Å². The highest BCUT2D eigenvalue weighted by Gasteiger charge is 2.07. The number of halogens is 2. The highest BCUT2D eigenvalue weighted by Crippen LogP contribution is 2.18.